The monoisotopic (exact) mass is 1520 g/mol. The molecule has 0 aliphatic carbocycles. The lowest BCUT2D eigenvalue weighted by Crippen LogP contribution is -2.47. The van der Waals surface area contributed by atoms with Crippen LogP contribution in [0.25, 0.3) is 38.1 Å². The zero-order valence-corrected chi connectivity index (χ0v) is 65.5. The number of esters is 1. The van der Waals surface area contributed by atoms with Gasteiger partial charge in [0.05, 0.1) is 65.3 Å². The van der Waals surface area contributed by atoms with Crippen molar-refractivity contribution < 1.29 is 46.5 Å². The average molecular weight is 1520 g/mol. The average Bonchev–Trinajstić information content (AvgIpc) is 1.26. The largest absolute Gasteiger partial charge is 0.492 e. The maximum Gasteiger partial charge on any atom is 0.492 e. The molecule has 32 nitrogen and oxygen atoms in total. The van der Waals surface area contributed by atoms with Gasteiger partial charge in [0.25, 0.3) is 0 Å². The molecule has 0 radical (unpaired) electrons. The number of aromatic nitrogens is 10. The van der Waals surface area contributed by atoms with E-state index in [-0.39, 0.29) is 20.1 Å². The lowest BCUT2D eigenvalue weighted by atomic mass is 10.3. The van der Waals surface area contributed by atoms with Crippen molar-refractivity contribution in [3.8, 4) is 0 Å². The molecule has 0 bridgehead atoms. The van der Waals surface area contributed by atoms with Crippen LogP contribution < -0.4 is 13.9 Å². The number of halogens is 1. The topological polar surface area (TPSA) is 236 Å². The maximum absolute atomic E-state index is 13.6. The molecular weight excluding hydrogens is 1400 g/mol. The molecular formula is C69H116FN25O7P3+5. The molecule has 0 amide bonds. The minimum Gasteiger partial charge on any atom is -0.470 e. The third-order valence-electron chi connectivity index (χ3n) is 19.8. The first-order chi connectivity index (χ1) is 50.6. The van der Waals surface area contributed by atoms with Gasteiger partial charge >= 0.3 is 47.7 Å². The van der Waals surface area contributed by atoms with Crippen LogP contribution in [0.3, 0.4) is 0 Å². The molecule has 0 saturated carbocycles. The van der Waals surface area contributed by atoms with E-state index in [1.54, 1.807) is 41.5 Å². The normalized spacial score (nSPS) is 19.7. The first-order valence-corrected chi connectivity index (χ1v) is 42.1. The molecule has 9 aliphatic heterocycles. The fourth-order valence-electron chi connectivity index (χ4n) is 14.9. The summed E-state index contributed by atoms with van der Waals surface area (Å²) in [7, 11) is 9.30. The van der Waals surface area contributed by atoms with Crippen molar-refractivity contribution in [2.75, 3.05) is 194 Å². The SMILES string of the molecule is C.CN(C)[P+](On1nnc2ccccc21)(N(C)C)N(C)C.FC(N1CCCC1)=[N+]1CCCC1.[C-]#[N+]/C(=N\OC(N1CCOCC1)=[N+](C)C)C(=O)OCC.c1ccc2c(c1)nnn2O[P+](N1CCCC1)(N1CCCC1)N1CCCC1.c1cnc2c(c1)nnn2O[P+](N1CCCC1)(N1CCCC1)N1CCCC1. The molecule has 6 aromatic rings. The van der Waals surface area contributed by atoms with Crippen LogP contribution >= 0.6 is 23.8 Å². The molecule has 0 spiro atoms. The molecule has 4 aromatic heterocycles. The van der Waals surface area contributed by atoms with Crippen molar-refractivity contribution in [1.82, 2.24) is 102 Å². The third kappa shape index (κ3) is 18.9. The molecule has 9 aliphatic rings. The molecule has 576 valence electrons. The summed E-state index contributed by atoms with van der Waals surface area (Å²) >= 11 is 0. The summed E-state index contributed by atoms with van der Waals surface area (Å²) in [5.41, 5.74) is 5.05. The Morgan fingerprint density at radius 1 is 0.552 bits per heavy atom. The van der Waals surface area contributed by atoms with E-state index in [1.807, 2.05) is 111 Å². The van der Waals surface area contributed by atoms with E-state index in [0.29, 0.717) is 32.3 Å². The summed E-state index contributed by atoms with van der Waals surface area (Å²) in [6, 6.07) is 20.2. The minimum absolute atomic E-state index is 0. The van der Waals surface area contributed by atoms with E-state index in [0.717, 1.165) is 164 Å². The van der Waals surface area contributed by atoms with Crippen LogP contribution in [0.5, 0.6) is 0 Å². The standard InChI is InChI=1S/C18H28N6OP.C17H27N7OP.C12H22N6OP.C12H19N4O4.C9H16FN2.CH4/c1-2-10-18-17(9-1)19-20-24(18)25-26(21-11-3-4-12-21,22-13-5-6-14-22)23-15-7-8-16-23;1-2-11-21(10-1)26(22-12-3-4-13-22,23-14-5-6-15-23)25-24-17-16(19-20-24)8-7-9-18-17;1-15(2)20(16(3)4,17(5)6)19-18-12-10-8-7-9-11(12)13-14-18;1-5-19-11(17)10(13-2)14-20-12(15(3)4)16-6-8-18-9-7-16;10-9(11-5-1-2-6-11)12-7-3-4-8-12;/h1-2,9-10H,3-8,11-16H2;7-9H,1-6,10-15H2;7-10H,1-6H3;5-9H2,1,3-4H3;1-8H2;1H4/q5*+1;/b;;;14-10-;;. The molecule has 0 atom stereocenters. The highest BCUT2D eigenvalue weighted by Crippen LogP contribution is 2.70. The second kappa shape index (κ2) is 39.0. The Kier molecular flexibility index (Phi) is 30.0. The van der Waals surface area contributed by atoms with Crippen LogP contribution in [0.1, 0.15) is 117 Å². The highest BCUT2D eigenvalue weighted by molar-refractivity contribution is 7.65. The van der Waals surface area contributed by atoms with Gasteiger partial charge in [0.2, 0.25) is 5.65 Å². The van der Waals surface area contributed by atoms with E-state index in [9.17, 15) is 9.18 Å². The quantitative estimate of drug-likeness (QED) is 0.0123. The van der Waals surface area contributed by atoms with Crippen LogP contribution in [0.2, 0.25) is 0 Å². The fourth-order valence-corrected chi connectivity index (χ4v) is 26.1. The van der Waals surface area contributed by atoms with E-state index < -0.39 is 35.6 Å². The Morgan fingerprint density at radius 3 is 1.36 bits per heavy atom. The number of carbonyl (C=O) groups is 1. The first kappa shape index (κ1) is 80.9. The number of rotatable bonds is 17. The zero-order valence-electron chi connectivity index (χ0n) is 62.8. The molecule has 0 N–H and O–H groups in total. The van der Waals surface area contributed by atoms with E-state index in [4.69, 9.17) is 34.8 Å². The number of hydrogen-bond acceptors (Lipinski definition) is 24. The fraction of sp³-hybridized carbons (Fsp3) is 0.681. The summed E-state index contributed by atoms with van der Waals surface area (Å²) in [4.78, 5) is 32.8. The third-order valence-corrected chi connectivity index (χ3v) is 30.9. The number of pyridine rings is 1. The van der Waals surface area contributed by atoms with Gasteiger partial charge in [0.15, 0.2) is 0 Å². The zero-order chi connectivity index (χ0) is 73.1. The van der Waals surface area contributed by atoms with Gasteiger partial charge in [-0.25, -0.2) is 23.9 Å². The molecule has 9 saturated heterocycles. The van der Waals surface area contributed by atoms with Crippen LogP contribution in [0.15, 0.2) is 72.0 Å². The van der Waals surface area contributed by atoms with Crippen LogP contribution in [-0.2, 0) is 19.1 Å². The van der Waals surface area contributed by atoms with E-state index in [1.165, 1.54) is 81.9 Å². The predicted molar refractivity (Wildman–Crippen MR) is 411 cm³/mol. The Balaban J connectivity index is 0.000000143. The van der Waals surface area contributed by atoms with Crippen molar-refractivity contribution in [2.45, 2.75) is 117 Å². The summed E-state index contributed by atoms with van der Waals surface area (Å²) in [6.45, 7) is 28.4. The van der Waals surface area contributed by atoms with Gasteiger partial charge in [0, 0.05) is 127 Å². The highest BCUT2D eigenvalue weighted by Gasteiger charge is 2.66. The Hall–Kier alpha value is -6.62. The summed E-state index contributed by atoms with van der Waals surface area (Å²) in [6.07, 6.45) is 21.6. The second-order valence-electron chi connectivity index (χ2n) is 27.8. The number of nitrogens with zero attached hydrogens (tertiary/aromatic N) is 25. The maximum atomic E-state index is 13.6. The number of para-hydroxylation sites is 2. The number of fused-ring (bicyclic) bond motifs is 3. The van der Waals surface area contributed by atoms with Crippen molar-refractivity contribution in [2.24, 2.45) is 5.16 Å². The van der Waals surface area contributed by atoms with Crippen LogP contribution in [0, 0.1) is 6.57 Å². The van der Waals surface area contributed by atoms with Crippen molar-refractivity contribution in [1.29, 1.82) is 0 Å². The van der Waals surface area contributed by atoms with Gasteiger partial charge in [-0.1, -0.05) is 38.3 Å². The predicted octanol–water partition coefficient (Wildman–Crippen LogP) is 7.88. The van der Waals surface area contributed by atoms with Gasteiger partial charge in [-0.05, 0) is 176 Å². The number of morpholine rings is 1. The first-order valence-electron chi connectivity index (χ1n) is 37.4. The van der Waals surface area contributed by atoms with Gasteiger partial charge < -0.3 is 14.3 Å². The molecule has 13 heterocycles. The lowest BCUT2D eigenvalue weighted by molar-refractivity contribution is -0.517. The van der Waals surface area contributed by atoms with Crippen molar-refractivity contribution in [3.05, 3.63) is 78.3 Å². The van der Waals surface area contributed by atoms with E-state index in [2.05, 4.69) is 94.0 Å². The Labute approximate surface area is 621 Å². The van der Waals surface area contributed by atoms with Crippen LogP contribution in [0.4, 0.5) is 4.39 Å². The van der Waals surface area contributed by atoms with E-state index >= 15 is 0 Å². The number of hydrogen-bond donors (Lipinski definition) is 0. The second-order valence-corrected chi connectivity index (χ2v) is 37.1. The number of carbonyl (C=O) groups excluding carboxylic acids is 1. The molecule has 15 rings (SSSR count). The number of benzene rings is 2. The summed E-state index contributed by atoms with van der Waals surface area (Å²) in [5.74, 6) is -1.22. The summed E-state index contributed by atoms with van der Waals surface area (Å²) < 4.78 is 69.3. The smallest absolute Gasteiger partial charge is 0.470 e. The molecule has 105 heavy (non-hydrogen) atoms. The Morgan fingerprint density at radius 2 is 0.943 bits per heavy atom. The van der Waals surface area contributed by atoms with Crippen LogP contribution in [-0.4, -0.2) is 329 Å². The molecule has 36 heteroatoms. The number of oxime groups is 1. The Bertz CT molecular complexity index is 3580. The van der Waals surface area contributed by atoms with Gasteiger partial charge in [0.1, 0.15) is 40.7 Å². The van der Waals surface area contributed by atoms with Crippen molar-refractivity contribution in [3.63, 3.8) is 0 Å². The highest BCUT2D eigenvalue weighted by atomic mass is 31.2. The summed E-state index contributed by atoms with van der Waals surface area (Å²) in [5, 5.41) is 29.1. The van der Waals surface area contributed by atoms with Gasteiger partial charge in [-0.3, -0.25) is 4.79 Å². The molecule has 0 unspecified atom stereocenters. The van der Waals surface area contributed by atoms with Crippen molar-refractivity contribution >= 4 is 81.0 Å². The molecule has 9 fully saturated rings. The number of amidine groups is 3. The number of ether oxygens (including phenoxy) is 2. The number of likely N-dealkylation sites (tertiary alicyclic amines) is 1. The van der Waals surface area contributed by atoms with Gasteiger partial charge in [-0.15, -0.1) is 61.7 Å². The lowest BCUT2D eigenvalue weighted by Gasteiger charge is -2.39. The van der Waals surface area contributed by atoms with Gasteiger partial charge in [-0.2, -0.15) is 18.7 Å². The molecule has 2 aromatic carbocycles. The minimum atomic E-state index is -2.14.